The number of halogens is 1. The van der Waals surface area contributed by atoms with Crippen molar-refractivity contribution < 1.29 is 36.7 Å². The molecule has 0 aromatic heterocycles. The average Bonchev–Trinajstić information content (AvgIpc) is 2.53. The van der Waals surface area contributed by atoms with E-state index in [1.54, 1.807) is 0 Å². The predicted octanol–water partition coefficient (Wildman–Crippen LogP) is -1.60. The summed E-state index contributed by atoms with van der Waals surface area (Å²) in [4.78, 5) is 11.2. The Bertz CT molecular complexity index is 483. The molecule has 0 aliphatic rings. The minimum Gasteiger partial charge on any atom is -0.377 e. The van der Waals surface area contributed by atoms with Gasteiger partial charge >= 0.3 is 0 Å². The molecule has 0 aromatic rings. The van der Waals surface area contributed by atoms with E-state index in [0.29, 0.717) is 39.6 Å². The van der Waals surface area contributed by atoms with E-state index >= 15 is 0 Å². The van der Waals surface area contributed by atoms with Gasteiger partial charge in [-0.2, -0.15) is 8.42 Å². The molecule has 0 saturated carbocycles. The zero-order chi connectivity index (χ0) is 18.3. The van der Waals surface area contributed by atoms with E-state index < -0.39 is 21.4 Å². The molecule has 0 spiro atoms. The Balaban J connectivity index is 0. The molecule has 0 rings (SSSR count). The van der Waals surface area contributed by atoms with Gasteiger partial charge in [0, 0.05) is 6.54 Å². The Morgan fingerprint density at radius 3 is 1.92 bits per heavy atom. The van der Waals surface area contributed by atoms with Crippen LogP contribution in [-0.2, 0) is 33.9 Å². The Kier molecular flexibility index (Phi) is 17.3. The molecule has 0 aliphatic carbocycles. The highest BCUT2D eigenvalue weighted by Gasteiger charge is 2.25. The molecular formula is C13H25ClN2O8S. The summed E-state index contributed by atoms with van der Waals surface area (Å²) in [6.45, 7) is 2.80. The van der Waals surface area contributed by atoms with Gasteiger partial charge in [-0.15, -0.1) is 18.8 Å². The van der Waals surface area contributed by atoms with Crippen molar-refractivity contribution in [1.82, 2.24) is 5.32 Å². The van der Waals surface area contributed by atoms with Crippen LogP contribution in [0.25, 0.3) is 0 Å². The molecule has 0 unspecified atom stereocenters. The lowest BCUT2D eigenvalue weighted by Crippen LogP contribution is -2.46. The molecule has 148 valence electrons. The number of ether oxygens (including phenoxy) is 4. The van der Waals surface area contributed by atoms with Crippen molar-refractivity contribution in [3.05, 3.63) is 0 Å². The number of hydrogen-bond donors (Lipinski definition) is 3. The minimum absolute atomic E-state index is 0. The third-order valence-electron chi connectivity index (χ3n) is 2.43. The summed E-state index contributed by atoms with van der Waals surface area (Å²) in [6.07, 6.45) is 5.00. The molecule has 0 bridgehead atoms. The Labute approximate surface area is 153 Å². The lowest BCUT2D eigenvalue weighted by molar-refractivity contribution is -0.121. The number of nitrogens with one attached hydrogen (secondary N) is 1. The maximum atomic E-state index is 11.2. The molecule has 0 fully saturated rings. The second-order valence-corrected chi connectivity index (χ2v) is 5.86. The van der Waals surface area contributed by atoms with E-state index in [-0.39, 0.29) is 32.2 Å². The van der Waals surface area contributed by atoms with Gasteiger partial charge < -0.3 is 30.0 Å². The van der Waals surface area contributed by atoms with Crippen LogP contribution in [-0.4, -0.2) is 83.7 Å². The van der Waals surface area contributed by atoms with Gasteiger partial charge in [0.05, 0.1) is 46.2 Å². The Hall–Kier alpha value is -0.970. The van der Waals surface area contributed by atoms with Crippen LogP contribution in [0, 0.1) is 12.3 Å². The molecule has 25 heavy (non-hydrogen) atoms. The molecule has 10 nitrogen and oxygen atoms in total. The van der Waals surface area contributed by atoms with Crippen molar-refractivity contribution >= 4 is 28.4 Å². The van der Waals surface area contributed by atoms with E-state index in [4.69, 9.17) is 35.7 Å². The number of carbonyl (C=O) groups is 1. The first kappa shape index (κ1) is 26.3. The third kappa shape index (κ3) is 16.3. The fourth-order valence-electron chi connectivity index (χ4n) is 1.27. The number of hydrogen-bond acceptors (Lipinski definition) is 8. The summed E-state index contributed by atoms with van der Waals surface area (Å²) >= 11 is 0. The normalized spacial score (nSPS) is 12.0. The van der Waals surface area contributed by atoms with Gasteiger partial charge in [0.25, 0.3) is 16.0 Å². The summed E-state index contributed by atoms with van der Waals surface area (Å²) in [5.74, 6) is 1.34. The second kappa shape index (κ2) is 16.5. The molecule has 1 amide bonds. The number of rotatable bonds is 15. The molecule has 0 saturated heterocycles. The van der Waals surface area contributed by atoms with Gasteiger partial charge in [-0.1, -0.05) is 5.92 Å². The molecule has 0 aliphatic heterocycles. The van der Waals surface area contributed by atoms with Crippen LogP contribution in [0.5, 0.6) is 0 Å². The Morgan fingerprint density at radius 2 is 1.48 bits per heavy atom. The topological polar surface area (TPSA) is 146 Å². The maximum absolute atomic E-state index is 11.2. The van der Waals surface area contributed by atoms with Gasteiger partial charge in [-0.05, 0) is 0 Å². The molecule has 0 heterocycles. The van der Waals surface area contributed by atoms with Gasteiger partial charge in [-0.3, -0.25) is 9.35 Å². The first-order valence-electron chi connectivity index (χ1n) is 7.13. The summed E-state index contributed by atoms with van der Waals surface area (Å²) in [5.41, 5.74) is 5.01. The highest BCUT2D eigenvalue weighted by molar-refractivity contribution is 7.87. The lowest BCUT2D eigenvalue weighted by Gasteiger charge is -2.10. The van der Waals surface area contributed by atoms with Crippen molar-refractivity contribution in [2.24, 2.45) is 5.73 Å². The molecule has 0 radical (unpaired) electrons. The van der Waals surface area contributed by atoms with Crippen molar-refractivity contribution in [1.29, 1.82) is 0 Å². The van der Waals surface area contributed by atoms with E-state index in [1.165, 1.54) is 0 Å². The lowest BCUT2D eigenvalue weighted by atomic mass is 10.5. The van der Waals surface area contributed by atoms with Crippen molar-refractivity contribution in [2.45, 2.75) is 5.37 Å². The molecule has 0 aromatic carbocycles. The number of nitrogens with two attached hydrogens (primary N) is 1. The SMILES string of the molecule is C#CCOCCOCCOCCOCCNC(=O)[C@@H](N)S(=O)(=O)O.Cl. The van der Waals surface area contributed by atoms with Crippen LogP contribution in [0.15, 0.2) is 0 Å². The van der Waals surface area contributed by atoms with Crippen LogP contribution < -0.4 is 11.1 Å². The summed E-state index contributed by atoms with van der Waals surface area (Å²) in [7, 11) is -4.59. The first-order chi connectivity index (χ1) is 11.4. The number of carbonyl (C=O) groups excluding carboxylic acids is 1. The summed E-state index contributed by atoms with van der Waals surface area (Å²) in [5, 5.41) is 0.214. The molecular weight excluding hydrogens is 380 g/mol. The minimum atomic E-state index is -4.59. The van der Waals surface area contributed by atoms with Crippen molar-refractivity contribution in [3.63, 3.8) is 0 Å². The zero-order valence-electron chi connectivity index (χ0n) is 13.7. The quantitative estimate of drug-likeness (QED) is 0.167. The zero-order valence-corrected chi connectivity index (χ0v) is 15.4. The fraction of sp³-hybridized carbons (Fsp3) is 0.769. The van der Waals surface area contributed by atoms with Crippen LogP contribution in [0.1, 0.15) is 0 Å². The highest BCUT2D eigenvalue weighted by atomic mass is 35.5. The smallest absolute Gasteiger partial charge is 0.290 e. The number of amides is 1. The van der Waals surface area contributed by atoms with E-state index in [1.807, 2.05) is 0 Å². The van der Waals surface area contributed by atoms with Crippen molar-refractivity contribution in [3.8, 4) is 12.3 Å². The summed E-state index contributed by atoms with van der Waals surface area (Å²) < 4.78 is 50.4. The monoisotopic (exact) mass is 404 g/mol. The second-order valence-electron chi connectivity index (χ2n) is 4.32. The summed E-state index contributed by atoms with van der Waals surface area (Å²) in [6, 6.07) is 0. The Morgan fingerprint density at radius 1 is 1.04 bits per heavy atom. The average molecular weight is 405 g/mol. The fourth-order valence-corrected chi connectivity index (χ4v) is 1.63. The largest absolute Gasteiger partial charge is 0.377 e. The highest BCUT2D eigenvalue weighted by Crippen LogP contribution is 1.90. The van der Waals surface area contributed by atoms with Gasteiger partial charge in [0.1, 0.15) is 6.61 Å². The van der Waals surface area contributed by atoms with E-state index in [0.717, 1.165) is 0 Å². The van der Waals surface area contributed by atoms with Gasteiger partial charge in [0.2, 0.25) is 5.37 Å². The van der Waals surface area contributed by atoms with Gasteiger partial charge in [0.15, 0.2) is 0 Å². The van der Waals surface area contributed by atoms with Crippen LogP contribution >= 0.6 is 12.4 Å². The molecule has 1 atom stereocenters. The number of terminal acetylenes is 1. The standard InChI is InChI=1S/C13H24N2O8S.ClH/c1-2-4-20-6-8-22-10-11-23-9-7-21-5-3-15-13(16)12(14)24(17,18)19;/h1,12H,3-11,14H2,(H,15,16)(H,17,18,19);1H/t12-;/m0./s1. The van der Waals surface area contributed by atoms with E-state index in [9.17, 15) is 13.2 Å². The maximum Gasteiger partial charge on any atom is 0.290 e. The van der Waals surface area contributed by atoms with Crippen LogP contribution in [0.4, 0.5) is 0 Å². The molecule has 12 heteroatoms. The molecule has 4 N–H and O–H groups in total. The van der Waals surface area contributed by atoms with Gasteiger partial charge in [-0.25, -0.2) is 0 Å². The predicted molar refractivity (Wildman–Crippen MR) is 91.9 cm³/mol. The van der Waals surface area contributed by atoms with Crippen LogP contribution in [0.2, 0.25) is 0 Å². The van der Waals surface area contributed by atoms with Crippen molar-refractivity contribution in [2.75, 3.05) is 59.4 Å². The van der Waals surface area contributed by atoms with E-state index in [2.05, 4.69) is 11.2 Å². The third-order valence-corrected chi connectivity index (χ3v) is 3.28. The van der Waals surface area contributed by atoms with Crippen LogP contribution in [0.3, 0.4) is 0 Å². The first-order valence-corrected chi connectivity index (χ1v) is 8.64.